The molecule has 1 aromatic rings. The van der Waals surface area contributed by atoms with Crippen LogP contribution in [0.5, 0.6) is 0 Å². The van der Waals surface area contributed by atoms with Crippen molar-refractivity contribution >= 4 is 5.91 Å². The van der Waals surface area contributed by atoms with Crippen molar-refractivity contribution < 1.29 is 9.53 Å². The number of unbranched alkanes of at least 4 members (excludes halogenated alkanes) is 1. The van der Waals surface area contributed by atoms with Gasteiger partial charge in [-0.2, -0.15) is 0 Å². The predicted octanol–water partition coefficient (Wildman–Crippen LogP) is 1.49. The Balaban J connectivity index is 1.88. The van der Waals surface area contributed by atoms with Crippen molar-refractivity contribution in [1.29, 1.82) is 0 Å². The molecule has 1 amide bonds. The summed E-state index contributed by atoms with van der Waals surface area (Å²) < 4.78 is 5.56. The molecule has 3 N–H and O–H groups in total. The molecular formula is C15H24N2O2. The number of rotatable bonds is 10. The molecule has 0 bridgehead atoms. The van der Waals surface area contributed by atoms with Crippen molar-refractivity contribution in [3.8, 4) is 0 Å². The molecule has 0 aliphatic heterocycles. The molecule has 4 nitrogen and oxygen atoms in total. The van der Waals surface area contributed by atoms with Gasteiger partial charge in [-0.25, -0.2) is 0 Å². The van der Waals surface area contributed by atoms with Crippen molar-refractivity contribution in [3.05, 3.63) is 35.9 Å². The van der Waals surface area contributed by atoms with Crippen molar-refractivity contribution in [2.24, 2.45) is 5.73 Å². The quantitative estimate of drug-likeness (QED) is 0.629. The minimum atomic E-state index is 0.0347. The smallest absolute Gasteiger partial charge is 0.221 e. The molecule has 4 heteroatoms. The lowest BCUT2D eigenvalue weighted by Crippen LogP contribution is -2.26. The van der Waals surface area contributed by atoms with E-state index in [9.17, 15) is 4.79 Å². The summed E-state index contributed by atoms with van der Waals surface area (Å²) in [5.74, 6) is 0.0347. The Morgan fingerprint density at radius 2 is 1.95 bits per heavy atom. The number of hydrogen-bond acceptors (Lipinski definition) is 3. The normalized spacial score (nSPS) is 10.4. The lowest BCUT2D eigenvalue weighted by molar-refractivity contribution is -0.120. The Bertz CT molecular complexity index is 341. The summed E-state index contributed by atoms with van der Waals surface area (Å²) in [5, 5.41) is 2.83. The van der Waals surface area contributed by atoms with Gasteiger partial charge in [0.2, 0.25) is 5.91 Å². The fourth-order valence-electron chi connectivity index (χ4n) is 1.71. The van der Waals surface area contributed by atoms with E-state index in [4.69, 9.17) is 10.5 Å². The molecule has 1 aromatic carbocycles. The molecule has 0 saturated heterocycles. The van der Waals surface area contributed by atoms with E-state index in [1.807, 2.05) is 18.2 Å². The van der Waals surface area contributed by atoms with Crippen LogP contribution in [0.25, 0.3) is 0 Å². The summed E-state index contributed by atoms with van der Waals surface area (Å²) in [5.41, 5.74) is 6.58. The lowest BCUT2D eigenvalue weighted by atomic mass is 10.2. The Labute approximate surface area is 115 Å². The van der Waals surface area contributed by atoms with Crippen molar-refractivity contribution in [1.82, 2.24) is 5.32 Å². The summed E-state index contributed by atoms with van der Waals surface area (Å²) in [6, 6.07) is 10.3. The maximum absolute atomic E-state index is 11.1. The number of hydrogen-bond donors (Lipinski definition) is 2. The van der Waals surface area contributed by atoms with E-state index in [2.05, 4.69) is 17.4 Å². The SMILES string of the molecule is NCCC(=O)NCCCCOCCc1ccccc1. The first kappa shape index (κ1) is 15.7. The highest BCUT2D eigenvalue weighted by Gasteiger charge is 1.97. The molecular weight excluding hydrogens is 240 g/mol. The molecule has 106 valence electrons. The van der Waals surface area contributed by atoms with Crippen molar-refractivity contribution in [3.63, 3.8) is 0 Å². The summed E-state index contributed by atoms with van der Waals surface area (Å²) in [6.07, 6.45) is 3.28. The maximum atomic E-state index is 11.1. The second-order valence-electron chi connectivity index (χ2n) is 4.44. The van der Waals surface area contributed by atoms with Crippen molar-refractivity contribution in [2.75, 3.05) is 26.3 Å². The number of nitrogens with one attached hydrogen (secondary N) is 1. The third-order valence-corrected chi connectivity index (χ3v) is 2.79. The fraction of sp³-hybridized carbons (Fsp3) is 0.533. The standard InChI is InChI=1S/C15H24N2O2/c16-10-8-15(18)17-11-4-5-12-19-13-9-14-6-2-1-3-7-14/h1-3,6-7H,4-5,8-13,16H2,(H,17,18). The van der Waals surface area contributed by atoms with Gasteiger partial charge >= 0.3 is 0 Å². The Hall–Kier alpha value is -1.39. The molecule has 0 atom stereocenters. The van der Waals surface area contributed by atoms with E-state index in [1.165, 1.54) is 5.56 Å². The highest BCUT2D eigenvalue weighted by molar-refractivity contribution is 5.75. The monoisotopic (exact) mass is 264 g/mol. The summed E-state index contributed by atoms with van der Waals surface area (Å²) in [6.45, 7) is 2.62. The molecule has 0 aliphatic rings. The van der Waals surface area contributed by atoms with Gasteiger partial charge in [0.05, 0.1) is 6.61 Å². The Kier molecular flexibility index (Phi) is 8.68. The number of benzene rings is 1. The molecule has 0 heterocycles. The number of carbonyl (C=O) groups is 1. The first-order valence-corrected chi connectivity index (χ1v) is 6.91. The van der Waals surface area contributed by atoms with Crippen LogP contribution < -0.4 is 11.1 Å². The first-order chi connectivity index (χ1) is 9.33. The molecule has 19 heavy (non-hydrogen) atoms. The van der Waals surface area contributed by atoms with Gasteiger partial charge in [0, 0.05) is 26.1 Å². The summed E-state index contributed by atoms with van der Waals surface area (Å²) in [7, 11) is 0. The molecule has 0 fully saturated rings. The van der Waals surface area contributed by atoms with E-state index in [-0.39, 0.29) is 5.91 Å². The van der Waals surface area contributed by atoms with Gasteiger partial charge in [-0.1, -0.05) is 30.3 Å². The Morgan fingerprint density at radius 1 is 1.16 bits per heavy atom. The maximum Gasteiger partial charge on any atom is 0.221 e. The minimum absolute atomic E-state index is 0.0347. The second kappa shape index (κ2) is 10.5. The minimum Gasteiger partial charge on any atom is -0.381 e. The highest BCUT2D eigenvalue weighted by Crippen LogP contribution is 2.00. The number of carbonyl (C=O) groups excluding carboxylic acids is 1. The summed E-state index contributed by atoms with van der Waals surface area (Å²) in [4.78, 5) is 11.1. The van der Waals surface area contributed by atoms with E-state index < -0.39 is 0 Å². The third kappa shape index (κ3) is 8.35. The fourth-order valence-corrected chi connectivity index (χ4v) is 1.71. The van der Waals surface area contributed by atoms with Crippen LogP contribution in [-0.2, 0) is 16.0 Å². The lowest BCUT2D eigenvalue weighted by Gasteiger charge is -2.06. The van der Waals surface area contributed by atoms with Crippen LogP contribution in [0.3, 0.4) is 0 Å². The van der Waals surface area contributed by atoms with E-state index >= 15 is 0 Å². The van der Waals surface area contributed by atoms with Crippen LogP contribution in [0.4, 0.5) is 0 Å². The van der Waals surface area contributed by atoms with Gasteiger partial charge < -0.3 is 15.8 Å². The van der Waals surface area contributed by atoms with Gasteiger partial charge in [0.1, 0.15) is 0 Å². The van der Waals surface area contributed by atoms with E-state index in [0.717, 1.165) is 32.5 Å². The van der Waals surface area contributed by atoms with Crippen LogP contribution in [0.1, 0.15) is 24.8 Å². The number of nitrogens with two attached hydrogens (primary N) is 1. The van der Waals surface area contributed by atoms with E-state index in [1.54, 1.807) is 0 Å². The predicted molar refractivity (Wildman–Crippen MR) is 76.9 cm³/mol. The largest absolute Gasteiger partial charge is 0.381 e. The third-order valence-electron chi connectivity index (χ3n) is 2.79. The Morgan fingerprint density at radius 3 is 2.68 bits per heavy atom. The zero-order valence-electron chi connectivity index (χ0n) is 11.4. The van der Waals surface area contributed by atoms with Gasteiger partial charge in [-0.3, -0.25) is 4.79 Å². The van der Waals surface area contributed by atoms with Gasteiger partial charge in [0.15, 0.2) is 0 Å². The topological polar surface area (TPSA) is 64.4 Å². The molecule has 1 rings (SSSR count). The highest BCUT2D eigenvalue weighted by atomic mass is 16.5. The second-order valence-corrected chi connectivity index (χ2v) is 4.44. The van der Waals surface area contributed by atoms with Gasteiger partial charge in [0.25, 0.3) is 0 Å². The van der Waals surface area contributed by atoms with Crippen molar-refractivity contribution in [2.45, 2.75) is 25.7 Å². The van der Waals surface area contributed by atoms with Crippen LogP contribution in [0.15, 0.2) is 30.3 Å². The van der Waals surface area contributed by atoms with Gasteiger partial charge in [-0.05, 0) is 24.8 Å². The van der Waals surface area contributed by atoms with E-state index in [0.29, 0.717) is 19.5 Å². The average Bonchev–Trinajstić information content (AvgIpc) is 2.43. The summed E-state index contributed by atoms with van der Waals surface area (Å²) >= 11 is 0. The van der Waals surface area contributed by atoms with Crippen LogP contribution in [0.2, 0.25) is 0 Å². The van der Waals surface area contributed by atoms with Crippen LogP contribution in [0, 0.1) is 0 Å². The molecule has 0 aromatic heterocycles. The zero-order valence-corrected chi connectivity index (χ0v) is 11.4. The molecule has 0 spiro atoms. The number of ether oxygens (including phenoxy) is 1. The first-order valence-electron chi connectivity index (χ1n) is 6.91. The van der Waals surface area contributed by atoms with Gasteiger partial charge in [-0.15, -0.1) is 0 Å². The molecule has 0 unspecified atom stereocenters. The molecule has 0 aliphatic carbocycles. The van der Waals surface area contributed by atoms with Crippen LogP contribution >= 0.6 is 0 Å². The average molecular weight is 264 g/mol. The molecule has 0 saturated carbocycles. The molecule has 0 radical (unpaired) electrons. The number of amides is 1. The zero-order chi connectivity index (χ0) is 13.8. The van der Waals surface area contributed by atoms with Crippen LogP contribution in [-0.4, -0.2) is 32.2 Å².